The predicted molar refractivity (Wildman–Crippen MR) is 81.1 cm³/mol. The maximum absolute atomic E-state index is 11.9. The Morgan fingerprint density at radius 1 is 1.45 bits per heavy atom. The molecule has 3 heteroatoms. The van der Waals surface area contributed by atoms with Gasteiger partial charge in [0, 0.05) is 19.5 Å². The van der Waals surface area contributed by atoms with Crippen LogP contribution in [0.3, 0.4) is 0 Å². The van der Waals surface area contributed by atoms with Crippen LogP contribution in [0.2, 0.25) is 0 Å². The van der Waals surface area contributed by atoms with Gasteiger partial charge in [0.15, 0.2) is 5.78 Å². The Kier molecular flexibility index (Phi) is 4.81. The van der Waals surface area contributed by atoms with Gasteiger partial charge in [-0.2, -0.15) is 0 Å². The summed E-state index contributed by atoms with van der Waals surface area (Å²) in [7, 11) is 0. The van der Waals surface area contributed by atoms with E-state index in [0.29, 0.717) is 12.0 Å². The number of carbonyl (C=O) groups excluding carboxylic acids is 1. The molecule has 0 unspecified atom stereocenters. The van der Waals surface area contributed by atoms with E-state index in [9.17, 15) is 9.90 Å². The van der Waals surface area contributed by atoms with Crippen molar-refractivity contribution < 1.29 is 9.90 Å². The maximum atomic E-state index is 11.9. The first kappa shape index (κ1) is 15.0. The van der Waals surface area contributed by atoms with E-state index in [4.69, 9.17) is 0 Å². The monoisotopic (exact) mass is 275 g/mol. The molecule has 0 aromatic heterocycles. The van der Waals surface area contributed by atoms with Crippen LogP contribution in [0.15, 0.2) is 12.1 Å². The number of benzene rings is 1. The molecule has 1 N–H and O–H groups in total. The maximum Gasteiger partial charge on any atom is 0.166 e. The molecule has 2 rings (SSSR count). The highest BCUT2D eigenvalue weighted by Gasteiger charge is 2.18. The number of phenols is 1. The number of aryl methyl sites for hydroxylation is 1. The van der Waals surface area contributed by atoms with Gasteiger partial charge < -0.3 is 5.11 Å². The van der Waals surface area contributed by atoms with Crippen LogP contribution in [0, 0.1) is 12.8 Å². The van der Waals surface area contributed by atoms with Crippen molar-refractivity contribution in [3.63, 3.8) is 0 Å². The van der Waals surface area contributed by atoms with Crippen LogP contribution in [-0.2, 0) is 6.54 Å². The predicted octanol–water partition coefficient (Wildman–Crippen LogP) is 3.53. The molecule has 1 aliphatic heterocycles. The molecule has 1 aromatic carbocycles. The van der Waals surface area contributed by atoms with Crippen molar-refractivity contribution in [3.05, 3.63) is 28.8 Å². The van der Waals surface area contributed by atoms with E-state index in [-0.39, 0.29) is 11.5 Å². The third kappa shape index (κ3) is 3.40. The van der Waals surface area contributed by atoms with Gasteiger partial charge in [-0.3, -0.25) is 9.69 Å². The molecule has 110 valence electrons. The Balaban J connectivity index is 2.19. The van der Waals surface area contributed by atoms with E-state index in [1.807, 2.05) is 26.0 Å². The fourth-order valence-electron chi connectivity index (χ4n) is 3.04. The van der Waals surface area contributed by atoms with Crippen LogP contribution in [0.1, 0.15) is 54.6 Å². The number of Topliss-reactive ketones (excluding diaryl/α,β-unsaturated/α-hetero) is 1. The number of nitrogens with zero attached hydrogens (tertiary/aromatic N) is 1. The highest BCUT2D eigenvalue weighted by Crippen LogP contribution is 2.27. The average Bonchev–Trinajstić information content (AvgIpc) is 2.42. The van der Waals surface area contributed by atoms with Gasteiger partial charge >= 0.3 is 0 Å². The molecule has 0 spiro atoms. The lowest BCUT2D eigenvalue weighted by atomic mass is 9.97. The van der Waals surface area contributed by atoms with E-state index < -0.39 is 0 Å². The first-order valence-electron chi connectivity index (χ1n) is 7.59. The van der Waals surface area contributed by atoms with Crippen molar-refractivity contribution in [1.29, 1.82) is 0 Å². The molecule has 20 heavy (non-hydrogen) atoms. The highest BCUT2D eigenvalue weighted by atomic mass is 16.3. The zero-order chi connectivity index (χ0) is 14.7. The average molecular weight is 275 g/mol. The number of ketones is 1. The van der Waals surface area contributed by atoms with Crippen molar-refractivity contribution in [2.24, 2.45) is 5.92 Å². The van der Waals surface area contributed by atoms with Gasteiger partial charge in [0.05, 0.1) is 5.56 Å². The van der Waals surface area contributed by atoms with Gasteiger partial charge in [-0.15, -0.1) is 0 Å². The lowest BCUT2D eigenvalue weighted by Crippen LogP contribution is -2.33. The number of phenolic OH excluding ortho intramolecular Hbond substituents is 1. The third-order valence-electron chi connectivity index (χ3n) is 4.13. The van der Waals surface area contributed by atoms with E-state index in [0.717, 1.165) is 36.7 Å². The van der Waals surface area contributed by atoms with Crippen molar-refractivity contribution in [2.75, 3.05) is 13.1 Å². The molecule has 1 atom stereocenters. The quantitative estimate of drug-likeness (QED) is 0.855. The van der Waals surface area contributed by atoms with Gasteiger partial charge in [-0.1, -0.05) is 19.9 Å². The number of aromatic hydroxyl groups is 1. The van der Waals surface area contributed by atoms with Gasteiger partial charge in [-0.05, 0) is 49.4 Å². The molecule has 1 heterocycles. The van der Waals surface area contributed by atoms with Crippen molar-refractivity contribution in [3.8, 4) is 5.75 Å². The van der Waals surface area contributed by atoms with E-state index in [2.05, 4.69) is 11.8 Å². The summed E-state index contributed by atoms with van der Waals surface area (Å²) in [6.07, 6.45) is 2.99. The fourth-order valence-corrected chi connectivity index (χ4v) is 3.04. The molecule has 0 bridgehead atoms. The second kappa shape index (κ2) is 6.40. The lowest BCUT2D eigenvalue weighted by molar-refractivity contribution is 0.0985. The summed E-state index contributed by atoms with van der Waals surface area (Å²) in [4.78, 5) is 14.4. The summed E-state index contributed by atoms with van der Waals surface area (Å²) in [6.45, 7) is 9.11. The summed E-state index contributed by atoms with van der Waals surface area (Å²) in [5.41, 5.74) is 2.41. The standard InChI is InChI=1S/C17H25NO2/c1-4-16(19)15-9-14(8-13(3)17(15)20)11-18-7-5-6-12(2)10-18/h8-9,12,20H,4-7,10-11H2,1-3H3/t12-/m0/s1. The molecule has 0 saturated carbocycles. The molecular weight excluding hydrogens is 250 g/mol. The fraction of sp³-hybridized carbons (Fsp3) is 0.588. The molecule has 1 aliphatic rings. The van der Waals surface area contributed by atoms with Crippen LogP contribution >= 0.6 is 0 Å². The van der Waals surface area contributed by atoms with Crippen molar-refractivity contribution in [2.45, 2.75) is 46.6 Å². The summed E-state index contributed by atoms with van der Waals surface area (Å²) < 4.78 is 0. The van der Waals surface area contributed by atoms with Crippen LogP contribution in [-0.4, -0.2) is 28.9 Å². The molecule has 1 fully saturated rings. The Hall–Kier alpha value is -1.35. The van der Waals surface area contributed by atoms with Gasteiger partial charge in [0.1, 0.15) is 5.75 Å². The summed E-state index contributed by atoms with van der Waals surface area (Å²) in [6, 6.07) is 3.87. The van der Waals surface area contributed by atoms with Crippen LogP contribution in [0.5, 0.6) is 5.75 Å². The molecule has 1 aromatic rings. The van der Waals surface area contributed by atoms with Crippen LogP contribution in [0.4, 0.5) is 0 Å². The topological polar surface area (TPSA) is 40.5 Å². The van der Waals surface area contributed by atoms with Gasteiger partial charge in [0.25, 0.3) is 0 Å². The molecule has 3 nitrogen and oxygen atoms in total. The first-order valence-corrected chi connectivity index (χ1v) is 7.59. The highest BCUT2D eigenvalue weighted by molar-refractivity contribution is 5.98. The van der Waals surface area contributed by atoms with Crippen molar-refractivity contribution in [1.82, 2.24) is 4.90 Å². The van der Waals surface area contributed by atoms with E-state index in [1.54, 1.807) is 0 Å². The minimum absolute atomic E-state index is 0.0134. The second-order valence-corrected chi connectivity index (χ2v) is 6.07. The SMILES string of the molecule is CCC(=O)c1cc(CN2CCC[C@H](C)C2)cc(C)c1O. The first-order chi connectivity index (χ1) is 9.51. The molecular formula is C17H25NO2. The third-order valence-corrected chi connectivity index (χ3v) is 4.13. The largest absolute Gasteiger partial charge is 0.507 e. The summed E-state index contributed by atoms with van der Waals surface area (Å²) in [5.74, 6) is 0.908. The number of rotatable bonds is 4. The zero-order valence-corrected chi connectivity index (χ0v) is 12.8. The normalized spacial score (nSPS) is 20.1. The Labute approximate surface area is 121 Å². The van der Waals surface area contributed by atoms with Gasteiger partial charge in [0.2, 0.25) is 0 Å². The molecule has 0 aliphatic carbocycles. The summed E-state index contributed by atoms with van der Waals surface area (Å²) >= 11 is 0. The van der Waals surface area contributed by atoms with Crippen molar-refractivity contribution >= 4 is 5.78 Å². The Bertz CT molecular complexity index is 496. The molecule has 0 radical (unpaired) electrons. The number of piperidine rings is 1. The minimum Gasteiger partial charge on any atom is -0.507 e. The molecule has 1 saturated heterocycles. The van der Waals surface area contributed by atoms with Crippen LogP contribution in [0.25, 0.3) is 0 Å². The number of hydrogen-bond acceptors (Lipinski definition) is 3. The second-order valence-electron chi connectivity index (χ2n) is 6.07. The minimum atomic E-state index is 0.0134. The number of carbonyl (C=O) groups is 1. The van der Waals surface area contributed by atoms with E-state index >= 15 is 0 Å². The van der Waals surface area contributed by atoms with Crippen LogP contribution < -0.4 is 0 Å². The number of likely N-dealkylation sites (tertiary alicyclic amines) is 1. The lowest BCUT2D eigenvalue weighted by Gasteiger charge is -2.31. The van der Waals surface area contributed by atoms with E-state index in [1.165, 1.54) is 12.8 Å². The zero-order valence-electron chi connectivity index (χ0n) is 12.8. The number of hydrogen-bond donors (Lipinski definition) is 1. The Morgan fingerprint density at radius 3 is 2.85 bits per heavy atom. The van der Waals surface area contributed by atoms with Gasteiger partial charge in [-0.25, -0.2) is 0 Å². The smallest absolute Gasteiger partial charge is 0.166 e. The molecule has 0 amide bonds. The summed E-state index contributed by atoms with van der Waals surface area (Å²) in [5, 5.41) is 10.0. The Morgan fingerprint density at radius 2 is 2.20 bits per heavy atom.